The average Bonchev–Trinajstić information content (AvgIpc) is 2.61. The summed E-state index contributed by atoms with van der Waals surface area (Å²) < 4.78 is 5.34. The van der Waals surface area contributed by atoms with Gasteiger partial charge in [-0.1, -0.05) is 27.7 Å². The van der Waals surface area contributed by atoms with Crippen molar-refractivity contribution in [1.82, 2.24) is 19.6 Å². The zero-order valence-corrected chi connectivity index (χ0v) is 17.7. The van der Waals surface area contributed by atoms with Crippen molar-refractivity contribution in [2.45, 2.75) is 27.7 Å². The minimum absolute atomic E-state index is 0.198. The Balaban J connectivity index is 1.75. The smallest absolute Gasteiger partial charge is 0.236 e. The van der Waals surface area contributed by atoms with E-state index < -0.39 is 0 Å². The molecule has 0 aromatic heterocycles. The fraction of sp³-hybridized carbons (Fsp3) is 0.900. The van der Waals surface area contributed by atoms with Crippen LogP contribution in [-0.2, 0) is 14.3 Å². The molecule has 2 aliphatic heterocycles. The lowest BCUT2D eigenvalue weighted by molar-refractivity contribution is -0.137. The van der Waals surface area contributed by atoms with Crippen molar-refractivity contribution in [3.8, 4) is 0 Å². The number of amides is 2. The Morgan fingerprint density at radius 1 is 0.815 bits per heavy atom. The standard InChI is InChI=1S/C20H38N4O3/c1-17(2)13-24(14-18(3)4)20(26)16-21-5-7-23(8-6-21)19(25)15-22-9-11-27-12-10-22/h17-18H,5-16H2,1-4H3. The molecule has 2 rings (SSSR count). The summed E-state index contributed by atoms with van der Waals surface area (Å²) in [6, 6.07) is 0. The molecule has 2 heterocycles. The lowest BCUT2D eigenvalue weighted by Crippen LogP contribution is -2.54. The summed E-state index contributed by atoms with van der Waals surface area (Å²) in [4.78, 5) is 33.5. The molecule has 2 saturated heterocycles. The number of rotatable bonds is 8. The third-order valence-corrected chi connectivity index (χ3v) is 5.07. The van der Waals surface area contributed by atoms with Crippen molar-refractivity contribution in [3.05, 3.63) is 0 Å². The van der Waals surface area contributed by atoms with E-state index in [-0.39, 0.29) is 11.8 Å². The Morgan fingerprint density at radius 2 is 1.33 bits per heavy atom. The lowest BCUT2D eigenvalue weighted by atomic mass is 10.1. The number of piperazine rings is 1. The maximum Gasteiger partial charge on any atom is 0.236 e. The van der Waals surface area contributed by atoms with E-state index in [0.717, 1.165) is 39.3 Å². The molecule has 0 atom stereocenters. The van der Waals surface area contributed by atoms with Crippen LogP contribution in [0.2, 0.25) is 0 Å². The topological polar surface area (TPSA) is 56.3 Å². The molecule has 156 valence electrons. The van der Waals surface area contributed by atoms with Gasteiger partial charge >= 0.3 is 0 Å². The van der Waals surface area contributed by atoms with E-state index in [0.29, 0.717) is 51.2 Å². The highest BCUT2D eigenvalue weighted by Gasteiger charge is 2.26. The van der Waals surface area contributed by atoms with Gasteiger partial charge in [0.1, 0.15) is 0 Å². The third kappa shape index (κ3) is 7.76. The molecule has 0 radical (unpaired) electrons. The maximum atomic E-state index is 12.7. The SMILES string of the molecule is CC(C)CN(CC(C)C)C(=O)CN1CCN(C(=O)CN2CCOCC2)CC1. The maximum absolute atomic E-state index is 12.7. The van der Waals surface area contributed by atoms with Crippen LogP contribution in [0.25, 0.3) is 0 Å². The van der Waals surface area contributed by atoms with E-state index in [9.17, 15) is 9.59 Å². The molecule has 2 fully saturated rings. The second-order valence-electron chi connectivity index (χ2n) is 8.63. The minimum Gasteiger partial charge on any atom is -0.379 e. The van der Waals surface area contributed by atoms with Crippen LogP contribution in [0.5, 0.6) is 0 Å². The van der Waals surface area contributed by atoms with E-state index in [2.05, 4.69) is 37.5 Å². The zero-order chi connectivity index (χ0) is 19.8. The van der Waals surface area contributed by atoms with E-state index in [1.807, 2.05) is 9.80 Å². The normalized spacial score (nSPS) is 19.7. The second-order valence-corrected chi connectivity index (χ2v) is 8.63. The quantitative estimate of drug-likeness (QED) is 0.615. The van der Waals surface area contributed by atoms with E-state index in [1.54, 1.807) is 0 Å². The molecule has 0 aliphatic carbocycles. The van der Waals surface area contributed by atoms with Gasteiger partial charge in [0.2, 0.25) is 11.8 Å². The van der Waals surface area contributed by atoms with Crippen molar-refractivity contribution < 1.29 is 14.3 Å². The van der Waals surface area contributed by atoms with Crippen LogP contribution in [0.4, 0.5) is 0 Å². The van der Waals surface area contributed by atoms with Crippen molar-refractivity contribution in [2.75, 3.05) is 78.7 Å². The molecule has 0 saturated carbocycles. The highest BCUT2D eigenvalue weighted by atomic mass is 16.5. The Kier molecular flexibility index (Phi) is 8.99. The predicted octanol–water partition coefficient (Wildman–Crippen LogP) is 0.603. The number of nitrogens with zero attached hydrogens (tertiary/aromatic N) is 4. The van der Waals surface area contributed by atoms with Gasteiger partial charge in [0.05, 0.1) is 26.3 Å². The molecular formula is C20H38N4O3. The molecule has 7 nitrogen and oxygen atoms in total. The van der Waals surface area contributed by atoms with Crippen LogP contribution in [0, 0.1) is 11.8 Å². The van der Waals surface area contributed by atoms with Crippen LogP contribution < -0.4 is 0 Å². The first-order valence-electron chi connectivity index (χ1n) is 10.4. The molecular weight excluding hydrogens is 344 g/mol. The van der Waals surface area contributed by atoms with E-state index in [4.69, 9.17) is 4.74 Å². The van der Waals surface area contributed by atoms with Crippen LogP contribution in [-0.4, -0.2) is 110 Å². The number of hydrogen-bond donors (Lipinski definition) is 0. The van der Waals surface area contributed by atoms with Crippen molar-refractivity contribution in [1.29, 1.82) is 0 Å². The highest BCUT2D eigenvalue weighted by molar-refractivity contribution is 5.79. The summed E-state index contributed by atoms with van der Waals surface area (Å²) in [5.41, 5.74) is 0. The van der Waals surface area contributed by atoms with Gasteiger partial charge in [-0.15, -0.1) is 0 Å². The Labute approximate surface area is 164 Å². The van der Waals surface area contributed by atoms with Gasteiger partial charge < -0.3 is 14.5 Å². The van der Waals surface area contributed by atoms with Crippen molar-refractivity contribution in [2.24, 2.45) is 11.8 Å². The number of ether oxygens (including phenoxy) is 1. The summed E-state index contributed by atoms with van der Waals surface area (Å²) in [5, 5.41) is 0. The summed E-state index contributed by atoms with van der Waals surface area (Å²) in [5.74, 6) is 1.36. The Hall–Kier alpha value is -1.18. The number of hydrogen-bond acceptors (Lipinski definition) is 5. The van der Waals surface area contributed by atoms with Crippen LogP contribution in [0.15, 0.2) is 0 Å². The molecule has 27 heavy (non-hydrogen) atoms. The van der Waals surface area contributed by atoms with Crippen LogP contribution in [0.3, 0.4) is 0 Å². The molecule has 0 N–H and O–H groups in total. The van der Waals surface area contributed by atoms with Gasteiger partial charge in [-0.2, -0.15) is 0 Å². The van der Waals surface area contributed by atoms with Gasteiger partial charge in [-0.3, -0.25) is 19.4 Å². The van der Waals surface area contributed by atoms with Gasteiger partial charge in [0.25, 0.3) is 0 Å². The second kappa shape index (κ2) is 11.0. The van der Waals surface area contributed by atoms with Gasteiger partial charge in [-0.25, -0.2) is 0 Å². The molecule has 0 bridgehead atoms. The van der Waals surface area contributed by atoms with Crippen LogP contribution >= 0.6 is 0 Å². The molecule has 2 aliphatic rings. The first-order valence-corrected chi connectivity index (χ1v) is 10.4. The minimum atomic E-state index is 0.198. The Bertz CT molecular complexity index is 460. The van der Waals surface area contributed by atoms with Crippen LogP contribution in [0.1, 0.15) is 27.7 Å². The van der Waals surface area contributed by atoms with E-state index >= 15 is 0 Å². The van der Waals surface area contributed by atoms with Crippen molar-refractivity contribution in [3.63, 3.8) is 0 Å². The average molecular weight is 383 g/mol. The molecule has 0 unspecified atom stereocenters. The fourth-order valence-corrected chi connectivity index (χ4v) is 3.66. The fourth-order valence-electron chi connectivity index (χ4n) is 3.66. The lowest BCUT2D eigenvalue weighted by Gasteiger charge is -2.37. The largest absolute Gasteiger partial charge is 0.379 e. The first-order chi connectivity index (χ1) is 12.8. The van der Waals surface area contributed by atoms with Gasteiger partial charge in [0, 0.05) is 52.4 Å². The monoisotopic (exact) mass is 382 g/mol. The molecule has 7 heteroatoms. The molecule has 0 spiro atoms. The van der Waals surface area contributed by atoms with Crippen molar-refractivity contribution >= 4 is 11.8 Å². The summed E-state index contributed by atoms with van der Waals surface area (Å²) in [6.45, 7) is 17.3. The van der Waals surface area contributed by atoms with E-state index in [1.165, 1.54) is 0 Å². The number of carbonyl (C=O) groups is 2. The summed E-state index contributed by atoms with van der Waals surface area (Å²) in [7, 11) is 0. The van der Waals surface area contributed by atoms with Gasteiger partial charge in [0.15, 0.2) is 0 Å². The predicted molar refractivity (Wildman–Crippen MR) is 107 cm³/mol. The number of carbonyl (C=O) groups excluding carboxylic acids is 2. The number of morpholine rings is 1. The molecule has 0 aromatic carbocycles. The third-order valence-electron chi connectivity index (χ3n) is 5.07. The molecule has 2 amide bonds. The summed E-state index contributed by atoms with van der Waals surface area (Å²) in [6.07, 6.45) is 0. The van der Waals surface area contributed by atoms with Gasteiger partial charge in [-0.05, 0) is 11.8 Å². The Morgan fingerprint density at radius 3 is 1.85 bits per heavy atom. The summed E-state index contributed by atoms with van der Waals surface area (Å²) >= 11 is 0. The zero-order valence-electron chi connectivity index (χ0n) is 17.7. The molecule has 0 aromatic rings. The first kappa shape index (κ1) is 22.1. The highest BCUT2D eigenvalue weighted by Crippen LogP contribution is 2.08.